The van der Waals surface area contributed by atoms with E-state index < -0.39 is 0 Å². The van der Waals surface area contributed by atoms with Crippen molar-refractivity contribution in [1.82, 2.24) is 19.7 Å². The molecule has 9 heteroatoms. The zero-order valence-electron chi connectivity index (χ0n) is 18.2. The summed E-state index contributed by atoms with van der Waals surface area (Å²) < 4.78 is 2.25. The van der Waals surface area contributed by atoms with Crippen molar-refractivity contribution in [3.63, 3.8) is 0 Å². The topological polar surface area (TPSA) is 105 Å². The summed E-state index contributed by atoms with van der Waals surface area (Å²) >= 11 is 1.55. The molecule has 3 N–H and O–H groups in total. The van der Waals surface area contributed by atoms with Crippen LogP contribution >= 0.6 is 11.3 Å². The predicted molar refractivity (Wildman–Crippen MR) is 126 cm³/mol. The van der Waals surface area contributed by atoms with Gasteiger partial charge in [0.2, 0.25) is 5.91 Å². The number of carbonyl (C=O) groups excluding carboxylic acids is 1. The number of aliphatic hydroxyl groups is 1. The lowest BCUT2D eigenvalue weighted by molar-refractivity contribution is -0.114. The van der Waals surface area contributed by atoms with E-state index in [1.807, 2.05) is 18.3 Å². The molecule has 1 amide bonds. The minimum Gasteiger partial charge on any atom is -0.395 e. The fourth-order valence-electron chi connectivity index (χ4n) is 4.74. The van der Waals surface area contributed by atoms with Crippen LogP contribution in [-0.4, -0.2) is 43.9 Å². The number of nitrogens with one attached hydrogen (secondary N) is 2. The number of aryl methyl sites for hydroxylation is 1. The van der Waals surface area contributed by atoms with Gasteiger partial charge in [-0.3, -0.25) is 9.48 Å². The number of anilines is 2. The average Bonchev–Trinajstić information content (AvgIpc) is 3.39. The molecule has 0 saturated heterocycles. The van der Waals surface area contributed by atoms with Gasteiger partial charge in [-0.15, -0.1) is 0 Å². The van der Waals surface area contributed by atoms with Crippen molar-refractivity contribution in [2.45, 2.75) is 57.9 Å². The number of hydrogen-bond acceptors (Lipinski definition) is 7. The summed E-state index contributed by atoms with van der Waals surface area (Å²) in [6, 6.07) is 4.38. The number of thiazole rings is 1. The Bertz CT molecular complexity index is 1110. The lowest BCUT2D eigenvalue weighted by Gasteiger charge is -2.25. The smallest absolute Gasteiger partial charge is 0.223 e. The van der Waals surface area contributed by atoms with Crippen LogP contribution in [0.5, 0.6) is 0 Å². The maximum atomic E-state index is 11.6. The molecule has 2 aliphatic carbocycles. The SMILES string of the molecule is CC(=O)Nc1nc2c(s1)-c1c(c(-c3ccc(NCCO)nc3)nn1C1CCCCC1)CC2. The van der Waals surface area contributed by atoms with E-state index in [0.717, 1.165) is 53.3 Å². The molecule has 3 aromatic heterocycles. The molecule has 3 heterocycles. The third-order valence-corrected chi connectivity index (χ3v) is 7.21. The van der Waals surface area contributed by atoms with Crippen molar-refractivity contribution in [3.8, 4) is 21.8 Å². The third kappa shape index (κ3) is 4.02. The summed E-state index contributed by atoms with van der Waals surface area (Å²) in [5.41, 5.74) is 5.47. The molecule has 0 atom stereocenters. The predicted octanol–water partition coefficient (Wildman–Crippen LogP) is 4.04. The van der Waals surface area contributed by atoms with Gasteiger partial charge < -0.3 is 15.7 Å². The van der Waals surface area contributed by atoms with E-state index in [-0.39, 0.29) is 12.5 Å². The molecule has 0 aromatic carbocycles. The Balaban J connectivity index is 1.58. The molecular formula is C23H28N6O2S. The second kappa shape index (κ2) is 8.99. The van der Waals surface area contributed by atoms with Gasteiger partial charge in [-0.1, -0.05) is 30.6 Å². The van der Waals surface area contributed by atoms with E-state index in [2.05, 4.69) is 20.3 Å². The number of rotatable bonds is 6. The van der Waals surface area contributed by atoms with Crippen LogP contribution in [-0.2, 0) is 17.6 Å². The zero-order chi connectivity index (χ0) is 22.1. The van der Waals surface area contributed by atoms with Crippen molar-refractivity contribution in [2.24, 2.45) is 0 Å². The van der Waals surface area contributed by atoms with Crippen molar-refractivity contribution >= 4 is 28.2 Å². The number of pyridine rings is 1. The van der Waals surface area contributed by atoms with Crippen LogP contribution in [0, 0.1) is 0 Å². The summed E-state index contributed by atoms with van der Waals surface area (Å²) in [6.45, 7) is 2.06. The second-order valence-electron chi connectivity index (χ2n) is 8.47. The highest BCUT2D eigenvalue weighted by Gasteiger charge is 2.32. The highest BCUT2D eigenvalue weighted by Crippen LogP contribution is 2.45. The Morgan fingerprint density at radius 3 is 2.81 bits per heavy atom. The molecular weight excluding hydrogens is 424 g/mol. The summed E-state index contributed by atoms with van der Waals surface area (Å²) in [5, 5.41) is 20.8. The molecule has 3 aromatic rings. The van der Waals surface area contributed by atoms with E-state index in [9.17, 15) is 4.79 Å². The maximum absolute atomic E-state index is 11.6. The van der Waals surface area contributed by atoms with Crippen LogP contribution in [0.15, 0.2) is 18.3 Å². The minimum absolute atomic E-state index is 0.0698. The van der Waals surface area contributed by atoms with Crippen LogP contribution < -0.4 is 10.6 Å². The summed E-state index contributed by atoms with van der Waals surface area (Å²) in [7, 11) is 0. The fourth-order valence-corrected chi connectivity index (χ4v) is 5.87. The van der Waals surface area contributed by atoms with Crippen LogP contribution in [0.25, 0.3) is 21.8 Å². The van der Waals surface area contributed by atoms with Gasteiger partial charge in [0.05, 0.1) is 34.6 Å². The lowest BCUT2D eigenvalue weighted by atomic mass is 9.93. The first-order chi connectivity index (χ1) is 15.6. The third-order valence-electron chi connectivity index (χ3n) is 6.19. The molecule has 5 rings (SSSR count). The first kappa shape index (κ1) is 21.1. The molecule has 2 aliphatic rings. The summed E-state index contributed by atoms with van der Waals surface area (Å²) in [5.74, 6) is 0.645. The number of aromatic nitrogens is 4. The first-order valence-electron chi connectivity index (χ1n) is 11.3. The van der Waals surface area contributed by atoms with Crippen molar-refractivity contribution in [3.05, 3.63) is 29.6 Å². The zero-order valence-corrected chi connectivity index (χ0v) is 19.0. The lowest BCUT2D eigenvalue weighted by Crippen LogP contribution is -2.16. The highest BCUT2D eigenvalue weighted by atomic mass is 32.1. The Labute approximate surface area is 191 Å². The molecule has 8 nitrogen and oxygen atoms in total. The van der Waals surface area contributed by atoms with Gasteiger partial charge in [0, 0.05) is 30.8 Å². The fraction of sp³-hybridized carbons (Fsp3) is 0.478. The molecule has 0 aliphatic heterocycles. The van der Waals surface area contributed by atoms with Crippen LogP contribution in [0.1, 0.15) is 56.3 Å². The Hall–Kier alpha value is -2.78. The molecule has 0 bridgehead atoms. The number of nitrogens with zero attached hydrogens (tertiary/aromatic N) is 4. The molecule has 0 spiro atoms. The first-order valence-corrected chi connectivity index (χ1v) is 12.2. The number of aliphatic hydroxyl groups excluding tert-OH is 1. The minimum atomic E-state index is -0.0984. The number of carbonyl (C=O) groups is 1. The molecule has 32 heavy (non-hydrogen) atoms. The van der Waals surface area contributed by atoms with Crippen molar-refractivity contribution in [2.75, 3.05) is 23.8 Å². The molecule has 0 unspecified atom stereocenters. The number of fused-ring (bicyclic) bond motifs is 3. The normalized spacial score (nSPS) is 15.8. The Morgan fingerprint density at radius 2 is 2.09 bits per heavy atom. The summed E-state index contributed by atoms with van der Waals surface area (Å²) in [4.78, 5) is 21.9. The average molecular weight is 453 g/mol. The summed E-state index contributed by atoms with van der Waals surface area (Å²) in [6.07, 6.45) is 9.60. The van der Waals surface area contributed by atoms with Gasteiger partial charge in [-0.05, 0) is 37.8 Å². The van der Waals surface area contributed by atoms with E-state index >= 15 is 0 Å². The van der Waals surface area contributed by atoms with Crippen molar-refractivity contribution in [1.29, 1.82) is 0 Å². The maximum Gasteiger partial charge on any atom is 0.223 e. The molecule has 0 radical (unpaired) electrons. The quantitative estimate of drug-likeness (QED) is 0.521. The van der Waals surface area contributed by atoms with Gasteiger partial charge >= 0.3 is 0 Å². The van der Waals surface area contributed by atoms with E-state index in [4.69, 9.17) is 15.2 Å². The second-order valence-corrected chi connectivity index (χ2v) is 9.47. The van der Waals surface area contributed by atoms with Crippen molar-refractivity contribution < 1.29 is 9.90 Å². The number of amides is 1. The Morgan fingerprint density at radius 1 is 1.25 bits per heavy atom. The number of hydrogen-bond donors (Lipinski definition) is 3. The Kier molecular flexibility index (Phi) is 5.93. The van der Waals surface area contributed by atoms with E-state index in [0.29, 0.717) is 17.7 Å². The molecule has 168 valence electrons. The highest BCUT2D eigenvalue weighted by molar-refractivity contribution is 7.19. The van der Waals surface area contributed by atoms with Gasteiger partial charge in [-0.25, -0.2) is 9.97 Å². The molecule has 1 fully saturated rings. The van der Waals surface area contributed by atoms with Crippen LogP contribution in [0.4, 0.5) is 10.9 Å². The van der Waals surface area contributed by atoms with Gasteiger partial charge in [0.15, 0.2) is 5.13 Å². The monoisotopic (exact) mass is 452 g/mol. The van der Waals surface area contributed by atoms with Gasteiger partial charge in [0.1, 0.15) is 5.82 Å². The van der Waals surface area contributed by atoms with E-state index in [1.54, 1.807) is 11.3 Å². The largest absolute Gasteiger partial charge is 0.395 e. The molecule has 1 saturated carbocycles. The van der Waals surface area contributed by atoms with Crippen LogP contribution in [0.2, 0.25) is 0 Å². The van der Waals surface area contributed by atoms with E-state index in [1.165, 1.54) is 37.4 Å². The van der Waals surface area contributed by atoms with Gasteiger partial charge in [-0.2, -0.15) is 5.10 Å². The van der Waals surface area contributed by atoms with Crippen LogP contribution in [0.3, 0.4) is 0 Å². The van der Waals surface area contributed by atoms with Gasteiger partial charge in [0.25, 0.3) is 0 Å². The standard InChI is InChI=1S/C23H28N6O2S/c1-14(31)26-23-27-18-9-8-17-20(15-7-10-19(25-13-15)24-11-12-30)28-29(21(17)22(18)32-23)16-5-3-2-4-6-16/h7,10,13,16,30H,2-6,8-9,11-12H2,1H3,(H,24,25)(H,26,27,31).